The summed E-state index contributed by atoms with van der Waals surface area (Å²) in [5.74, 6) is 0. The Kier molecular flexibility index (Phi) is 5.64. The van der Waals surface area contributed by atoms with E-state index < -0.39 is 5.24 Å². The van der Waals surface area contributed by atoms with Gasteiger partial charge in [0, 0.05) is 0 Å². The lowest BCUT2D eigenvalue weighted by Gasteiger charge is -2.08. The van der Waals surface area contributed by atoms with Crippen molar-refractivity contribution in [2.75, 3.05) is 6.61 Å². The molecule has 0 saturated heterocycles. The van der Waals surface area contributed by atoms with Crippen molar-refractivity contribution in [1.82, 2.24) is 0 Å². The average molecular weight is 165 g/mol. The van der Waals surface area contributed by atoms with Gasteiger partial charge >= 0.3 is 0 Å². The normalized spacial score (nSPS) is 13.1. The summed E-state index contributed by atoms with van der Waals surface area (Å²) >= 11 is 5.06. The van der Waals surface area contributed by atoms with Crippen molar-refractivity contribution < 1.29 is 9.53 Å². The van der Waals surface area contributed by atoms with E-state index in [9.17, 15) is 4.79 Å². The maximum atomic E-state index is 10.2. The highest BCUT2D eigenvalue weighted by Gasteiger charge is 2.02. The van der Waals surface area contributed by atoms with E-state index in [2.05, 4.69) is 6.92 Å². The molecule has 0 aromatic carbocycles. The van der Waals surface area contributed by atoms with Crippen LogP contribution in [0.15, 0.2) is 0 Å². The Labute approximate surface area is 66.5 Å². The summed E-state index contributed by atoms with van der Waals surface area (Å²) in [5, 5.41) is -0.428. The predicted molar refractivity (Wildman–Crippen MR) is 41.2 cm³/mol. The molecule has 0 spiro atoms. The van der Waals surface area contributed by atoms with Gasteiger partial charge in [0.2, 0.25) is 5.24 Å². The van der Waals surface area contributed by atoms with E-state index >= 15 is 0 Å². The van der Waals surface area contributed by atoms with Gasteiger partial charge in [-0.25, -0.2) is 0 Å². The van der Waals surface area contributed by atoms with E-state index in [4.69, 9.17) is 16.3 Å². The molecule has 0 heterocycles. The van der Waals surface area contributed by atoms with Crippen LogP contribution in [0.1, 0.15) is 26.7 Å². The van der Waals surface area contributed by atoms with E-state index in [1.807, 2.05) is 6.92 Å². The van der Waals surface area contributed by atoms with Crippen LogP contribution in [0.5, 0.6) is 0 Å². The SMILES string of the molecule is CCCC(C)OCC(=O)Cl. The van der Waals surface area contributed by atoms with Gasteiger partial charge in [0.15, 0.2) is 0 Å². The first kappa shape index (κ1) is 9.92. The predicted octanol–water partition coefficient (Wildman–Crippen LogP) is 1.96. The van der Waals surface area contributed by atoms with Gasteiger partial charge in [-0.1, -0.05) is 13.3 Å². The molecule has 0 aromatic heterocycles. The molecule has 1 atom stereocenters. The molecule has 0 aliphatic rings. The summed E-state index contributed by atoms with van der Waals surface area (Å²) in [6, 6.07) is 0. The van der Waals surface area contributed by atoms with Crippen molar-refractivity contribution in [3.05, 3.63) is 0 Å². The monoisotopic (exact) mass is 164 g/mol. The van der Waals surface area contributed by atoms with Gasteiger partial charge in [0.1, 0.15) is 6.61 Å². The minimum atomic E-state index is -0.428. The van der Waals surface area contributed by atoms with Crippen LogP contribution in [0.2, 0.25) is 0 Å². The Morgan fingerprint density at radius 2 is 2.30 bits per heavy atom. The topological polar surface area (TPSA) is 26.3 Å². The Hall–Kier alpha value is -0.0800. The fraction of sp³-hybridized carbons (Fsp3) is 0.857. The van der Waals surface area contributed by atoms with Crippen LogP contribution >= 0.6 is 11.6 Å². The highest BCUT2D eigenvalue weighted by Crippen LogP contribution is 2.00. The van der Waals surface area contributed by atoms with E-state index in [1.165, 1.54) is 0 Å². The van der Waals surface area contributed by atoms with Crippen LogP contribution in [-0.4, -0.2) is 18.0 Å². The second kappa shape index (κ2) is 5.69. The Morgan fingerprint density at radius 3 is 2.70 bits per heavy atom. The molecule has 0 saturated carbocycles. The summed E-state index contributed by atoms with van der Waals surface area (Å²) < 4.78 is 5.06. The molecule has 0 fully saturated rings. The van der Waals surface area contributed by atoms with E-state index in [0.717, 1.165) is 12.8 Å². The quantitative estimate of drug-likeness (QED) is 0.581. The van der Waals surface area contributed by atoms with E-state index in [-0.39, 0.29) is 12.7 Å². The molecule has 0 bridgehead atoms. The number of halogens is 1. The largest absolute Gasteiger partial charge is 0.369 e. The summed E-state index contributed by atoms with van der Waals surface area (Å²) in [7, 11) is 0. The summed E-state index contributed by atoms with van der Waals surface area (Å²) in [4.78, 5) is 10.2. The van der Waals surface area contributed by atoms with Crippen molar-refractivity contribution in [2.45, 2.75) is 32.8 Å². The first-order valence-corrected chi connectivity index (χ1v) is 3.84. The van der Waals surface area contributed by atoms with Crippen LogP contribution in [0.25, 0.3) is 0 Å². The first-order valence-electron chi connectivity index (χ1n) is 3.46. The van der Waals surface area contributed by atoms with Gasteiger partial charge in [-0.2, -0.15) is 0 Å². The van der Waals surface area contributed by atoms with Gasteiger partial charge < -0.3 is 4.74 Å². The van der Waals surface area contributed by atoms with Crippen LogP contribution < -0.4 is 0 Å². The molecule has 0 rings (SSSR count). The maximum Gasteiger partial charge on any atom is 0.247 e. The van der Waals surface area contributed by atoms with Crippen molar-refractivity contribution in [3.63, 3.8) is 0 Å². The van der Waals surface area contributed by atoms with Crippen LogP contribution in [0.4, 0.5) is 0 Å². The second-order valence-corrected chi connectivity index (χ2v) is 2.69. The molecule has 1 unspecified atom stereocenters. The molecule has 0 N–H and O–H groups in total. The lowest BCUT2D eigenvalue weighted by molar-refractivity contribution is -0.117. The molecule has 0 aliphatic carbocycles. The minimum absolute atomic E-state index is 0.0305. The zero-order valence-corrected chi connectivity index (χ0v) is 7.15. The third-order valence-corrected chi connectivity index (χ3v) is 1.29. The molecule has 0 aromatic rings. The fourth-order valence-corrected chi connectivity index (χ4v) is 0.761. The third kappa shape index (κ3) is 6.05. The third-order valence-electron chi connectivity index (χ3n) is 1.18. The number of hydrogen-bond acceptors (Lipinski definition) is 2. The van der Waals surface area contributed by atoms with Crippen molar-refractivity contribution in [2.24, 2.45) is 0 Å². The van der Waals surface area contributed by atoms with Crippen molar-refractivity contribution >= 4 is 16.8 Å². The number of rotatable bonds is 5. The lowest BCUT2D eigenvalue weighted by Crippen LogP contribution is -2.11. The second-order valence-electron chi connectivity index (χ2n) is 2.27. The number of carbonyl (C=O) groups excluding carboxylic acids is 1. The van der Waals surface area contributed by atoms with Crippen molar-refractivity contribution in [1.29, 1.82) is 0 Å². The molecule has 10 heavy (non-hydrogen) atoms. The minimum Gasteiger partial charge on any atom is -0.369 e. The van der Waals surface area contributed by atoms with Gasteiger partial charge in [-0.3, -0.25) is 4.79 Å². The summed E-state index contributed by atoms with van der Waals surface area (Å²) in [5.41, 5.74) is 0. The maximum absolute atomic E-state index is 10.2. The first-order chi connectivity index (χ1) is 4.66. The molecular formula is C7H13ClO2. The molecule has 0 aliphatic heterocycles. The van der Waals surface area contributed by atoms with Crippen LogP contribution in [0.3, 0.4) is 0 Å². The summed E-state index contributed by atoms with van der Waals surface area (Å²) in [6.07, 6.45) is 2.19. The number of carbonyl (C=O) groups is 1. The van der Waals surface area contributed by atoms with Crippen LogP contribution in [0, 0.1) is 0 Å². The Morgan fingerprint density at radius 1 is 1.70 bits per heavy atom. The molecule has 0 amide bonds. The van der Waals surface area contributed by atoms with Crippen molar-refractivity contribution in [3.8, 4) is 0 Å². The van der Waals surface area contributed by atoms with Crippen LogP contribution in [-0.2, 0) is 9.53 Å². The Bertz CT molecular complexity index is 104. The standard InChI is InChI=1S/C7H13ClO2/c1-3-4-6(2)10-5-7(8)9/h6H,3-5H2,1-2H3. The average Bonchev–Trinajstić information content (AvgIpc) is 1.85. The molecule has 3 heteroatoms. The van der Waals surface area contributed by atoms with Gasteiger partial charge in [0.05, 0.1) is 6.10 Å². The smallest absolute Gasteiger partial charge is 0.247 e. The number of hydrogen-bond donors (Lipinski definition) is 0. The fourth-order valence-electron chi connectivity index (χ4n) is 0.698. The highest BCUT2D eigenvalue weighted by atomic mass is 35.5. The van der Waals surface area contributed by atoms with E-state index in [1.54, 1.807) is 0 Å². The summed E-state index contributed by atoms with van der Waals surface area (Å²) in [6.45, 7) is 4.04. The zero-order chi connectivity index (χ0) is 7.98. The van der Waals surface area contributed by atoms with Gasteiger partial charge in [-0.05, 0) is 24.9 Å². The van der Waals surface area contributed by atoms with Gasteiger partial charge in [0.25, 0.3) is 0 Å². The van der Waals surface area contributed by atoms with E-state index in [0.29, 0.717) is 0 Å². The zero-order valence-electron chi connectivity index (χ0n) is 6.39. The molecule has 0 radical (unpaired) electrons. The molecular weight excluding hydrogens is 152 g/mol. The lowest BCUT2D eigenvalue weighted by atomic mass is 10.2. The Balaban J connectivity index is 3.21. The molecule has 60 valence electrons. The molecule has 2 nitrogen and oxygen atoms in total. The number of ether oxygens (including phenoxy) is 1. The highest BCUT2D eigenvalue weighted by molar-refractivity contribution is 6.63. The van der Waals surface area contributed by atoms with Gasteiger partial charge in [-0.15, -0.1) is 0 Å².